The molecule has 2 heterocycles. The van der Waals surface area contributed by atoms with Crippen LogP contribution in [0.15, 0.2) is 23.0 Å². The van der Waals surface area contributed by atoms with Crippen molar-refractivity contribution in [2.45, 2.75) is 12.5 Å². The van der Waals surface area contributed by atoms with Gasteiger partial charge in [0.1, 0.15) is 23.2 Å². The number of para-hydroxylation sites is 1. The average Bonchev–Trinajstić information content (AvgIpc) is 2.62. The fourth-order valence-corrected chi connectivity index (χ4v) is 3.14. The molecule has 4 N–H and O–H groups in total. The van der Waals surface area contributed by atoms with Gasteiger partial charge in [0.15, 0.2) is 0 Å². The average molecular weight is 348 g/mol. The Morgan fingerprint density at radius 3 is 2.52 bits per heavy atom. The molecular weight excluding hydrogens is 324 g/mol. The number of aliphatic hydroxyl groups is 2. The Labute approximate surface area is 145 Å². The molecule has 1 fully saturated rings. The Hall–Kier alpha value is -2.00. The SMILES string of the molecule is O=c1[nH]c(C(O)CCN2CCN(CCO)CC2)nc2c(O)cccc12. The second-order valence-electron chi connectivity index (χ2n) is 6.34. The lowest BCUT2D eigenvalue weighted by atomic mass is 10.2. The zero-order valence-electron chi connectivity index (χ0n) is 14.1. The monoisotopic (exact) mass is 348 g/mol. The maximum atomic E-state index is 12.1. The Morgan fingerprint density at radius 1 is 1.16 bits per heavy atom. The van der Waals surface area contributed by atoms with Crippen molar-refractivity contribution in [2.24, 2.45) is 0 Å². The van der Waals surface area contributed by atoms with Gasteiger partial charge in [0.25, 0.3) is 5.56 Å². The summed E-state index contributed by atoms with van der Waals surface area (Å²) in [6.45, 7) is 5.13. The van der Waals surface area contributed by atoms with Crippen LogP contribution < -0.4 is 5.56 Å². The Morgan fingerprint density at radius 2 is 1.84 bits per heavy atom. The number of hydrogen-bond donors (Lipinski definition) is 4. The predicted octanol–water partition coefficient (Wildman–Crippen LogP) is -0.338. The van der Waals surface area contributed by atoms with E-state index in [9.17, 15) is 15.0 Å². The fourth-order valence-electron chi connectivity index (χ4n) is 3.14. The summed E-state index contributed by atoms with van der Waals surface area (Å²) in [7, 11) is 0. The Bertz CT molecular complexity index is 771. The van der Waals surface area contributed by atoms with Crippen LogP contribution in [-0.2, 0) is 0 Å². The third-order valence-corrected chi connectivity index (χ3v) is 4.65. The van der Waals surface area contributed by atoms with Crippen LogP contribution in [-0.4, -0.2) is 81.0 Å². The van der Waals surface area contributed by atoms with Gasteiger partial charge in [-0.3, -0.25) is 9.69 Å². The molecule has 25 heavy (non-hydrogen) atoms. The molecule has 1 unspecified atom stereocenters. The van der Waals surface area contributed by atoms with E-state index in [0.29, 0.717) is 24.9 Å². The van der Waals surface area contributed by atoms with E-state index in [2.05, 4.69) is 19.8 Å². The number of hydrogen-bond acceptors (Lipinski definition) is 7. The van der Waals surface area contributed by atoms with Crippen LogP contribution in [0.3, 0.4) is 0 Å². The molecule has 0 aliphatic carbocycles. The smallest absolute Gasteiger partial charge is 0.258 e. The van der Waals surface area contributed by atoms with Gasteiger partial charge >= 0.3 is 0 Å². The third kappa shape index (κ3) is 4.16. The summed E-state index contributed by atoms with van der Waals surface area (Å²) in [6.07, 6.45) is -0.450. The molecule has 1 aliphatic rings. The molecule has 3 rings (SSSR count). The summed E-state index contributed by atoms with van der Waals surface area (Å²) in [4.78, 5) is 23.4. The van der Waals surface area contributed by atoms with Crippen molar-refractivity contribution in [2.75, 3.05) is 45.9 Å². The molecule has 8 heteroatoms. The number of aromatic hydroxyl groups is 1. The maximum absolute atomic E-state index is 12.1. The van der Waals surface area contributed by atoms with Crippen molar-refractivity contribution in [1.82, 2.24) is 19.8 Å². The van der Waals surface area contributed by atoms with Gasteiger partial charge in [-0.2, -0.15) is 0 Å². The molecule has 0 saturated carbocycles. The number of aromatic amines is 1. The zero-order chi connectivity index (χ0) is 17.8. The second kappa shape index (κ2) is 7.92. The normalized spacial score (nSPS) is 17.8. The Balaban J connectivity index is 1.62. The number of phenolic OH excluding ortho intramolecular Hbond substituents is 1. The van der Waals surface area contributed by atoms with Gasteiger partial charge in [-0.15, -0.1) is 0 Å². The summed E-state index contributed by atoms with van der Waals surface area (Å²) < 4.78 is 0. The number of aromatic nitrogens is 2. The van der Waals surface area contributed by atoms with E-state index in [1.54, 1.807) is 12.1 Å². The molecule has 1 aromatic carbocycles. The lowest BCUT2D eigenvalue weighted by Crippen LogP contribution is -2.47. The maximum Gasteiger partial charge on any atom is 0.258 e. The minimum atomic E-state index is -0.896. The van der Waals surface area contributed by atoms with E-state index in [-0.39, 0.29) is 29.3 Å². The van der Waals surface area contributed by atoms with Crippen LogP contribution in [0.5, 0.6) is 5.75 Å². The van der Waals surface area contributed by atoms with Crippen LogP contribution in [0, 0.1) is 0 Å². The fraction of sp³-hybridized carbons (Fsp3) is 0.529. The molecule has 8 nitrogen and oxygen atoms in total. The number of benzene rings is 1. The number of phenols is 1. The molecular formula is C17H24N4O4. The molecule has 1 aromatic heterocycles. The summed E-state index contributed by atoms with van der Waals surface area (Å²) in [6, 6.07) is 4.64. The number of H-pyrrole nitrogens is 1. The topological polar surface area (TPSA) is 113 Å². The van der Waals surface area contributed by atoms with E-state index < -0.39 is 6.10 Å². The highest BCUT2D eigenvalue weighted by atomic mass is 16.3. The molecule has 0 spiro atoms. The molecule has 0 radical (unpaired) electrons. The van der Waals surface area contributed by atoms with Crippen molar-refractivity contribution < 1.29 is 15.3 Å². The number of β-amino-alcohol motifs (C(OH)–C–C–N with tert-alkyl or cyclic N) is 1. The molecule has 1 atom stereocenters. The second-order valence-corrected chi connectivity index (χ2v) is 6.34. The van der Waals surface area contributed by atoms with Gasteiger partial charge in [-0.05, 0) is 18.6 Å². The first-order valence-electron chi connectivity index (χ1n) is 8.54. The first-order valence-corrected chi connectivity index (χ1v) is 8.54. The standard InChI is InChI=1S/C17H24N4O4/c22-11-10-21-8-6-20(7-9-21)5-4-14(24)16-18-15-12(17(25)19-16)2-1-3-13(15)23/h1-3,14,22-24H,4-11H2,(H,18,19,25). The zero-order valence-corrected chi connectivity index (χ0v) is 14.1. The van der Waals surface area contributed by atoms with Crippen molar-refractivity contribution in [1.29, 1.82) is 0 Å². The quantitative estimate of drug-likeness (QED) is 0.565. The number of nitrogens with one attached hydrogen (secondary N) is 1. The van der Waals surface area contributed by atoms with Crippen molar-refractivity contribution in [3.05, 3.63) is 34.4 Å². The predicted molar refractivity (Wildman–Crippen MR) is 93.6 cm³/mol. The lowest BCUT2D eigenvalue weighted by molar-refractivity contribution is 0.0900. The third-order valence-electron chi connectivity index (χ3n) is 4.65. The molecule has 0 bridgehead atoms. The number of fused-ring (bicyclic) bond motifs is 1. The highest BCUT2D eigenvalue weighted by molar-refractivity contribution is 5.83. The first kappa shape index (κ1) is 17.8. The van der Waals surface area contributed by atoms with Gasteiger partial charge < -0.3 is 25.2 Å². The van der Waals surface area contributed by atoms with Crippen LogP contribution in [0.4, 0.5) is 0 Å². The van der Waals surface area contributed by atoms with Crippen LogP contribution in [0.1, 0.15) is 18.3 Å². The minimum absolute atomic E-state index is 0.0722. The summed E-state index contributed by atoms with van der Waals surface area (Å²) in [5.74, 6) is 0.106. The van der Waals surface area contributed by atoms with Gasteiger partial charge in [-0.25, -0.2) is 4.98 Å². The van der Waals surface area contributed by atoms with Crippen molar-refractivity contribution >= 4 is 10.9 Å². The largest absolute Gasteiger partial charge is 0.506 e. The molecule has 136 valence electrons. The lowest BCUT2D eigenvalue weighted by Gasteiger charge is -2.34. The van der Waals surface area contributed by atoms with Gasteiger partial charge in [0.05, 0.1) is 12.0 Å². The molecule has 2 aromatic rings. The highest BCUT2D eigenvalue weighted by Gasteiger charge is 2.19. The molecule has 0 amide bonds. The summed E-state index contributed by atoms with van der Waals surface area (Å²) >= 11 is 0. The number of piperazine rings is 1. The van der Waals surface area contributed by atoms with Crippen LogP contribution >= 0.6 is 0 Å². The van der Waals surface area contributed by atoms with Gasteiger partial charge in [-0.1, -0.05) is 6.07 Å². The summed E-state index contributed by atoms with van der Waals surface area (Å²) in [5, 5.41) is 29.5. The highest BCUT2D eigenvalue weighted by Crippen LogP contribution is 2.21. The van der Waals surface area contributed by atoms with E-state index in [1.807, 2.05) is 0 Å². The number of rotatable bonds is 6. The van der Waals surface area contributed by atoms with E-state index >= 15 is 0 Å². The summed E-state index contributed by atoms with van der Waals surface area (Å²) in [5.41, 5.74) is -0.162. The number of aliphatic hydroxyl groups excluding tert-OH is 2. The van der Waals surface area contributed by atoms with E-state index in [0.717, 1.165) is 26.2 Å². The van der Waals surface area contributed by atoms with Gasteiger partial charge in [0, 0.05) is 39.3 Å². The molecule has 1 saturated heterocycles. The number of nitrogens with zero attached hydrogens (tertiary/aromatic N) is 3. The van der Waals surface area contributed by atoms with E-state index in [1.165, 1.54) is 6.07 Å². The minimum Gasteiger partial charge on any atom is -0.506 e. The molecule has 1 aliphatic heterocycles. The van der Waals surface area contributed by atoms with E-state index in [4.69, 9.17) is 5.11 Å². The van der Waals surface area contributed by atoms with Crippen LogP contribution in [0.2, 0.25) is 0 Å². The van der Waals surface area contributed by atoms with Crippen molar-refractivity contribution in [3.8, 4) is 5.75 Å². The van der Waals surface area contributed by atoms with Gasteiger partial charge in [0.2, 0.25) is 0 Å². The Kier molecular flexibility index (Phi) is 5.64. The first-order chi connectivity index (χ1) is 12.1. The van der Waals surface area contributed by atoms with Crippen molar-refractivity contribution in [3.63, 3.8) is 0 Å². The van der Waals surface area contributed by atoms with Crippen LogP contribution in [0.25, 0.3) is 10.9 Å².